The first kappa shape index (κ1) is 14.9. The van der Waals surface area contributed by atoms with E-state index in [0.29, 0.717) is 24.2 Å². The summed E-state index contributed by atoms with van der Waals surface area (Å²) in [7, 11) is 3.25. The number of hydrogen-bond donors (Lipinski definition) is 1. The van der Waals surface area contributed by atoms with Crippen molar-refractivity contribution in [3.63, 3.8) is 0 Å². The summed E-state index contributed by atoms with van der Waals surface area (Å²) in [6.45, 7) is 1.04. The Morgan fingerprint density at radius 1 is 1.25 bits per heavy atom. The van der Waals surface area contributed by atoms with E-state index < -0.39 is 0 Å². The third-order valence-corrected chi connectivity index (χ3v) is 3.74. The molecule has 1 aliphatic rings. The number of thiocarbonyl (C=S) groups is 1. The van der Waals surface area contributed by atoms with Gasteiger partial charge in [0.05, 0.1) is 0 Å². The SMILES string of the molecule is COC1CN(C(=O)c2cccc(C(N)=S)c2)CC1OC. The zero-order valence-electron chi connectivity index (χ0n) is 11.5. The van der Waals surface area contributed by atoms with Crippen molar-refractivity contribution in [3.05, 3.63) is 35.4 Å². The van der Waals surface area contributed by atoms with Crippen molar-refractivity contribution in [2.75, 3.05) is 27.3 Å². The summed E-state index contributed by atoms with van der Waals surface area (Å²) in [5, 5.41) is 0. The highest BCUT2D eigenvalue weighted by atomic mass is 32.1. The van der Waals surface area contributed by atoms with Crippen molar-refractivity contribution < 1.29 is 14.3 Å². The van der Waals surface area contributed by atoms with Crippen LogP contribution in [0.3, 0.4) is 0 Å². The minimum Gasteiger partial charge on any atom is -0.389 e. The van der Waals surface area contributed by atoms with Crippen LogP contribution in [0.15, 0.2) is 24.3 Å². The Morgan fingerprint density at radius 2 is 1.80 bits per heavy atom. The number of likely N-dealkylation sites (tertiary alicyclic amines) is 1. The van der Waals surface area contributed by atoms with Gasteiger partial charge in [-0.3, -0.25) is 4.79 Å². The normalized spacial score (nSPS) is 22.0. The minimum absolute atomic E-state index is 0.0651. The van der Waals surface area contributed by atoms with Gasteiger partial charge in [-0.05, 0) is 12.1 Å². The van der Waals surface area contributed by atoms with Gasteiger partial charge in [0.25, 0.3) is 5.91 Å². The molecule has 108 valence electrons. The summed E-state index contributed by atoms with van der Waals surface area (Å²) < 4.78 is 10.7. The number of nitrogens with two attached hydrogens (primary N) is 1. The Labute approximate surface area is 123 Å². The first-order valence-electron chi connectivity index (χ1n) is 6.31. The topological polar surface area (TPSA) is 64.8 Å². The number of hydrogen-bond acceptors (Lipinski definition) is 4. The summed E-state index contributed by atoms with van der Waals surface area (Å²) in [6, 6.07) is 7.04. The van der Waals surface area contributed by atoms with Gasteiger partial charge in [-0.25, -0.2) is 0 Å². The van der Waals surface area contributed by atoms with Crippen LogP contribution in [0.1, 0.15) is 15.9 Å². The molecule has 1 aromatic rings. The number of ether oxygens (including phenoxy) is 2. The standard InChI is InChI=1S/C14H18N2O3S/c1-18-11-7-16(8-12(11)19-2)14(17)10-5-3-4-9(6-10)13(15)20/h3-6,11-12H,7-8H2,1-2H3,(H2,15,20). The Hall–Kier alpha value is -1.50. The molecule has 2 atom stereocenters. The maximum atomic E-state index is 12.5. The van der Waals surface area contributed by atoms with Gasteiger partial charge in [0.1, 0.15) is 17.2 Å². The van der Waals surface area contributed by atoms with E-state index in [-0.39, 0.29) is 23.1 Å². The first-order valence-corrected chi connectivity index (χ1v) is 6.72. The Balaban J connectivity index is 2.16. The molecule has 0 radical (unpaired) electrons. The second kappa shape index (κ2) is 6.30. The predicted molar refractivity (Wildman–Crippen MR) is 79.8 cm³/mol. The van der Waals surface area contributed by atoms with Gasteiger partial charge >= 0.3 is 0 Å². The van der Waals surface area contributed by atoms with Crippen molar-refractivity contribution in [1.82, 2.24) is 4.90 Å². The van der Waals surface area contributed by atoms with E-state index in [4.69, 9.17) is 27.4 Å². The molecule has 0 aliphatic carbocycles. The van der Waals surface area contributed by atoms with Crippen molar-refractivity contribution in [1.29, 1.82) is 0 Å². The molecule has 1 aliphatic heterocycles. The van der Waals surface area contributed by atoms with Crippen LogP contribution in [0, 0.1) is 0 Å². The lowest BCUT2D eigenvalue weighted by molar-refractivity contribution is -0.00461. The second-order valence-electron chi connectivity index (χ2n) is 4.70. The van der Waals surface area contributed by atoms with E-state index in [1.807, 2.05) is 0 Å². The summed E-state index contributed by atoms with van der Waals surface area (Å²) >= 11 is 4.93. The molecule has 1 amide bonds. The third-order valence-electron chi connectivity index (χ3n) is 3.50. The van der Waals surface area contributed by atoms with Crippen LogP contribution in [0.2, 0.25) is 0 Å². The number of carbonyl (C=O) groups excluding carboxylic acids is 1. The Morgan fingerprint density at radius 3 is 2.30 bits per heavy atom. The fourth-order valence-electron chi connectivity index (χ4n) is 2.35. The molecule has 1 aromatic carbocycles. The van der Waals surface area contributed by atoms with E-state index in [9.17, 15) is 4.79 Å². The Kier molecular flexibility index (Phi) is 4.69. The smallest absolute Gasteiger partial charge is 0.254 e. The maximum Gasteiger partial charge on any atom is 0.254 e. The van der Waals surface area contributed by atoms with Crippen LogP contribution in [0.4, 0.5) is 0 Å². The maximum absolute atomic E-state index is 12.5. The molecule has 1 heterocycles. The molecule has 2 rings (SSSR count). The molecular formula is C14H18N2O3S. The highest BCUT2D eigenvalue weighted by Gasteiger charge is 2.35. The number of benzene rings is 1. The van der Waals surface area contributed by atoms with E-state index in [1.54, 1.807) is 43.4 Å². The van der Waals surface area contributed by atoms with Crippen molar-refractivity contribution in [2.24, 2.45) is 5.73 Å². The van der Waals surface area contributed by atoms with Crippen molar-refractivity contribution >= 4 is 23.1 Å². The van der Waals surface area contributed by atoms with Gasteiger partial charge in [-0.2, -0.15) is 0 Å². The average Bonchev–Trinajstić information content (AvgIpc) is 2.89. The van der Waals surface area contributed by atoms with Crippen LogP contribution < -0.4 is 5.73 Å². The van der Waals surface area contributed by atoms with E-state index >= 15 is 0 Å². The number of rotatable bonds is 4. The Bertz CT molecular complexity index is 509. The lowest BCUT2D eigenvalue weighted by atomic mass is 10.1. The summed E-state index contributed by atoms with van der Waals surface area (Å²) in [5.41, 5.74) is 6.85. The lowest BCUT2D eigenvalue weighted by Crippen LogP contribution is -2.30. The fourth-order valence-corrected chi connectivity index (χ4v) is 2.48. The molecular weight excluding hydrogens is 276 g/mol. The first-order chi connectivity index (χ1) is 9.56. The number of amides is 1. The van der Waals surface area contributed by atoms with E-state index in [1.165, 1.54) is 0 Å². The fraction of sp³-hybridized carbons (Fsp3) is 0.429. The molecule has 0 bridgehead atoms. The second-order valence-corrected chi connectivity index (χ2v) is 5.14. The quantitative estimate of drug-likeness (QED) is 0.832. The number of carbonyl (C=O) groups is 1. The third kappa shape index (κ3) is 2.98. The van der Waals surface area contributed by atoms with Crippen LogP contribution >= 0.6 is 12.2 Å². The van der Waals surface area contributed by atoms with Gasteiger partial charge < -0.3 is 20.1 Å². The average molecular weight is 294 g/mol. The van der Waals surface area contributed by atoms with Crippen molar-refractivity contribution in [2.45, 2.75) is 12.2 Å². The molecule has 1 saturated heterocycles. The molecule has 20 heavy (non-hydrogen) atoms. The van der Waals surface area contributed by atoms with E-state index in [0.717, 1.165) is 0 Å². The van der Waals surface area contributed by atoms with Gasteiger partial charge in [-0.1, -0.05) is 24.4 Å². The van der Waals surface area contributed by atoms with Crippen LogP contribution in [0.5, 0.6) is 0 Å². The van der Waals surface area contributed by atoms with Crippen molar-refractivity contribution in [3.8, 4) is 0 Å². The number of nitrogens with zero attached hydrogens (tertiary/aromatic N) is 1. The monoisotopic (exact) mass is 294 g/mol. The van der Waals surface area contributed by atoms with E-state index in [2.05, 4.69) is 0 Å². The molecule has 6 heteroatoms. The summed E-state index contributed by atoms with van der Waals surface area (Å²) in [4.78, 5) is 14.5. The highest BCUT2D eigenvalue weighted by Crippen LogP contribution is 2.19. The molecule has 5 nitrogen and oxygen atoms in total. The minimum atomic E-state index is -0.0947. The molecule has 2 unspecified atom stereocenters. The van der Waals surface area contributed by atoms with Crippen LogP contribution in [-0.4, -0.2) is 55.3 Å². The zero-order chi connectivity index (χ0) is 14.7. The highest BCUT2D eigenvalue weighted by molar-refractivity contribution is 7.80. The molecule has 2 N–H and O–H groups in total. The zero-order valence-corrected chi connectivity index (χ0v) is 12.4. The van der Waals surface area contributed by atoms with Crippen LogP contribution in [-0.2, 0) is 9.47 Å². The molecule has 1 fully saturated rings. The molecule has 0 aromatic heterocycles. The summed E-state index contributed by atoms with van der Waals surface area (Å²) in [6.07, 6.45) is -0.189. The van der Waals surface area contributed by atoms with Crippen LogP contribution in [0.25, 0.3) is 0 Å². The lowest BCUT2D eigenvalue weighted by Gasteiger charge is -2.16. The van der Waals surface area contributed by atoms with Gasteiger partial charge in [0.2, 0.25) is 0 Å². The number of methoxy groups -OCH3 is 2. The van der Waals surface area contributed by atoms with Gasteiger partial charge in [0, 0.05) is 38.4 Å². The molecule has 0 saturated carbocycles. The van der Waals surface area contributed by atoms with Gasteiger partial charge in [0.15, 0.2) is 0 Å². The van der Waals surface area contributed by atoms with Gasteiger partial charge in [-0.15, -0.1) is 0 Å². The molecule has 0 spiro atoms. The summed E-state index contributed by atoms with van der Waals surface area (Å²) in [5.74, 6) is -0.0651. The predicted octanol–water partition coefficient (Wildman–Crippen LogP) is 0.807. The largest absolute Gasteiger partial charge is 0.389 e.